The van der Waals surface area contributed by atoms with Gasteiger partial charge in [-0.1, -0.05) is 23.7 Å². The number of amides is 1. The fourth-order valence-corrected chi connectivity index (χ4v) is 3.90. The van der Waals surface area contributed by atoms with Crippen molar-refractivity contribution in [3.05, 3.63) is 80.5 Å². The van der Waals surface area contributed by atoms with E-state index in [1.54, 1.807) is 48.9 Å². The number of hydrogen-bond donors (Lipinski definition) is 2. The van der Waals surface area contributed by atoms with E-state index in [1.807, 2.05) is 12.1 Å². The maximum absolute atomic E-state index is 13.0. The van der Waals surface area contributed by atoms with Crippen LogP contribution in [0.3, 0.4) is 0 Å². The van der Waals surface area contributed by atoms with Crippen molar-refractivity contribution in [3.63, 3.8) is 0 Å². The van der Waals surface area contributed by atoms with Crippen LogP contribution in [0.25, 0.3) is 16.5 Å². The molecule has 4 rings (SSSR count). The van der Waals surface area contributed by atoms with Crippen molar-refractivity contribution in [2.75, 3.05) is 12.8 Å². The molecule has 8 nitrogen and oxygen atoms in total. The third-order valence-corrected chi connectivity index (χ3v) is 5.54. The quantitative estimate of drug-likeness (QED) is 0.355. The van der Waals surface area contributed by atoms with Gasteiger partial charge in [-0.15, -0.1) is 11.3 Å². The first-order valence-corrected chi connectivity index (χ1v) is 10.3. The second-order valence-corrected chi connectivity index (χ2v) is 7.72. The first kappa shape index (κ1) is 20.6. The van der Waals surface area contributed by atoms with E-state index < -0.39 is 11.5 Å². The van der Waals surface area contributed by atoms with Crippen molar-refractivity contribution in [1.82, 2.24) is 15.2 Å². The Labute approximate surface area is 185 Å². The number of nitrogens with two attached hydrogens (primary N) is 1. The van der Waals surface area contributed by atoms with Gasteiger partial charge in [0.25, 0.3) is 11.5 Å². The number of halogens is 1. The van der Waals surface area contributed by atoms with Gasteiger partial charge in [0.1, 0.15) is 5.75 Å². The fourth-order valence-electron chi connectivity index (χ4n) is 2.98. The Morgan fingerprint density at radius 2 is 2.00 bits per heavy atom. The summed E-state index contributed by atoms with van der Waals surface area (Å²) < 4.78 is 6.38. The highest BCUT2D eigenvalue weighted by atomic mass is 35.5. The minimum atomic E-state index is -0.586. The van der Waals surface area contributed by atoms with Crippen molar-refractivity contribution in [1.29, 1.82) is 0 Å². The molecule has 0 spiro atoms. The number of hydrazone groups is 1. The second kappa shape index (κ2) is 8.58. The van der Waals surface area contributed by atoms with E-state index >= 15 is 0 Å². The standard InChI is InChI=1S/C21H16ClN5O3S/c1-30-16-5-3-2-4-12(16)10-24-25-20(28)18-15-11-31-19(23)17(15)21(29)27(26-18)14-8-6-13(22)7-9-14/h2-11H,23H2,1H3,(H,25,28)/b24-10-. The first-order valence-electron chi connectivity index (χ1n) is 9.02. The monoisotopic (exact) mass is 453 g/mol. The van der Waals surface area contributed by atoms with Crippen molar-refractivity contribution < 1.29 is 9.53 Å². The maximum atomic E-state index is 13.0. The molecule has 0 saturated heterocycles. The number of anilines is 1. The molecule has 1 amide bonds. The Balaban J connectivity index is 1.73. The van der Waals surface area contributed by atoms with Crippen LogP contribution in [-0.2, 0) is 0 Å². The first-order chi connectivity index (χ1) is 15.0. The molecule has 0 aliphatic rings. The number of nitrogens with zero attached hydrogens (tertiary/aromatic N) is 3. The molecule has 2 heterocycles. The molecule has 0 saturated carbocycles. The molecule has 156 valence electrons. The molecule has 0 atom stereocenters. The number of benzene rings is 2. The van der Waals surface area contributed by atoms with Crippen molar-refractivity contribution >= 4 is 50.8 Å². The predicted molar refractivity (Wildman–Crippen MR) is 123 cm³/mol. The number of hydrogen-bond acceptors (Lipinski definition) is 7. The highest BCUT2D eigenvalue weighted by Gasteiger charge is 2.20. The average Bonchev–Trinajstić information content (AvgIpc) is 3.17. The van der Waals surface area contributed by atoms with Crippen LogP contribution in [0.2, 0.25) is 5.02 Å². The number of carbonyl (C=O) groups excluding carboxylic acids is 1. The molecule has 0 aliphatic heterocycles. The molecule has 0 unspecified atom stereocenters. The third-order valence-electron chi connectivity index (χ3n) is 4.48. The molecule has 0 aliphatic carbocycles. The van der Waals surface area contributed by atoms with Crippen LogP contribution in [0.5, 0.6) is 5.75 Å². The Morgan fingerprint density at radius 3 is 2.74 bits per heavy atom. The summed E-state index contributed by atoms with van der Waals surface area (Å²) in [6.07, 6.45) is 1.46. The zero-order chi connectivity index (χ0) is 22.0. The molecule has 10 heteroatoms. The van der Waals surface area contributed by atoms with Gasteiger partial charge < -0.3 is 10.5 Å². The summed E-state index contributed by atoms with van der Waals surface area (Å²) in [5.41, 5.74) is 9.19. The summed E-state index contributed by atoms with van der Waals surface area (Å²) in [4.78, 5) is 25.8. The average molecular weight is 454 g/mol. The number of methoxy groups -OCH3 is 1. The largest absolute Gasteiger partial charge is 0.496 e. The molecule has 2 aromatic heterocycles. The maximum Gasteiger partial charge on any atom is 0.292 e. The van der Waals surface area contributed by atoms with Gasteiger partial charge in [-0.2, -0.15) is 14.9 Å². The lowest BCUT2D eigenvalue weighted by Crippen LogP contribution is -2.28. The molecular weight excluding hydrogens is 438 g/mol. The zero-order valence-corrected chi connectivity index (χ0v) is 17.8. The lowest BCUT2D eigenvalue weighted by Gasteiger charge is -2.09. The van der Waals surface area contributed by atoms with Crippen LogP contribution in [0.15, 0.2) is 63.8 Å². The molecule has 0 bridgehead atoms. The van der Waals surface area contributed by atoms with Crippen molar-refractivity contribution in [3.8, 4) is 11.4 Å². The lowest BCUT2D eigenvalue weighted by molar-refractivity contribution is 0.0950. The number of carbonyl (C=O) groups is 1. The lowest BCUT2D eigenvalue weighted by atomic mass is 10.2. The molecule has 0 radical (unpaired) electrons. The van der Waals surface area contributed by atoms with Crippen LogP contribution in [0.1, 0.15) is 16.1 Å². The van der Waals surface area contributed by atoms with Gasteiger partial charge in [0.05, 0.1) is 29.4 Å². The summed E-state index contributed by atoms with van der Waals surface area (Å²) in [6, 6.07) is 13.8. The number of aromatic nitrogens is 2. The number of thiophene rings is 1. The second-order valence-electron chi connectivity index (χ2n) is 6.37. The number of nitrogen functional groups attached to an aromatic ring is 1. The smallest absolute Gasteiger partial charge is 0.292 e. The molecule has 0 fully saturated rings. The van der Waals surface area contributed by atoms with E-state index in [0.29, 0.717) is 32.4 Å². The van der Waals surface area contributed by atoms with Crippen molar-refractivity contribution in [2.45, 2.75) is 0 Å². The molecule has 3 N–H and O–H groups in total. The van der Waals surface area contributed by atoms with Gasteiger partial charge in [0.2, 0.25) is 0 Å². The van der Waals surface area contributed by atoms with Gasteiger partial charge in [-0.3, -0.25) is 9.59 Å². The minimum absolute atomic E-state index is 0.0228. The number of ether oxygens (including phenoxy) is 1. The van der Waals surface area contributed by atoms with Gasteiger partial charge in [-0.05, 0) is 36.4 Å². The Bertz CT molecular complexity index is 1360. The summed E-state index contributed by atoms with van der Waals surface area (Å²) in [6.45, 7) is 0. The predicted octanol–water partition coefficient (Wildman–Crippen LogP) is 3.46. The molecular formula is C21H16ClN5O3S. The van der Waals surface area contributed by atoms with E-state index in [1.165, 1.54) is 6.21 Å². The van der Waals surface area contributed by atoms with Gasteiger partial charge in [0.15, 0.2) is 5.69 Å². The van der Waals surface area contributed by atoms with Gasteiger partial charge in [0, 0.05) is 21.4 Å². The summed E-state index contributed by atoms with van der Waals surface area (Å²) in [5, 5.41) is 11.3. The summed E-state index contributed by atoms with van der Waals surface area (Å²) in [7, 11) is 1.55. The SMILES string of the molecule is COc1ccccc1/C=N\NC(=O)c1nn(-c2ccc(Cl)cc2)c(=O)c2c(N)scc12. The topological polar surface area (TPSA) is 112 Å². The fraction of sp³-hybridized carbons (Fsp3) is 0.0476. The van der Waals surface area contributed by atoms with Crippen molar-refractivity contribution in [2.24, 2.45) is 5.10 Å². The minimum Gasteiger partial charge on any atom is -0.496 e. The van der Waals surface area contributed by atoms with E-state index in [2.05, 4.69) is 15.6 Å². The Morgan fingerprint density at radius 1 is 1.26 bits per heavy atom. The Hall–Kier alpha value is -3.69. The van der Waals surface area contributed by atoms with E-state index in [9.17, 15) is 9.59 Å². The van der Waals surface area contributed by atoms with Gasteiger partial charge in [-0.25, -0.2) is 5.43 Å². The van der Waals surface area contributed by atoms with Crippen LogP contribution < -0.4 is 21.5 Å². The van der Waals surface area contributed by atoms with Gasteiger partial charge >= 0.3 is 0 Å². The molecule has 4 aromatic rings. The summed E-state index contributed by atoms with van der Waals surface area (Å²) in [5.74, 6) is 0.0274. The highest BCUT2D eigenvalue weighted by molar-refractivity contribution is 7.15. The zero-order valence-electron chi connectivity index (χ0n) is 16.2. The number of nitrogens with one attached hydrogen (secondary N) is 1. The van der Waals surface area contributed by atoms with Crippen LogP contribution >= 0.6 is 22.9 Å². The molecule has 2 aromatic carbocycles. The highest BCUT2D eigenvalue weighted by Crippen LogP contribution is 2.27. The number of fused-ring (bicyclic) bond motifs is 1. The number of para-hydroxylation sites is 1. The van der Waals surface area contributed by atoms with E-state index in [-0.39, 0.29) is 11.1 Å². The normalized spacial score (nSPS) is 11.2. The number of rotatable bonds is 5. The summed E-state index contributed by atoms with van der Waals surface area (Å²) >= 11 is 7.10. The molecule has 31 heavy (non-hydrogen) atoms. The van der Waals surface area contributed by atoms with E-state index in [4.69, 9.17) is 22.1 Å². The van der Waals surface area contributed by atoms with Crippen LogP contribution in [-0.4, -0.2) is 29.0 Å². The van der Waals surface area contributed by atoms with Crippen LogP contribution in [0, 0.1) is 0 Å². The van der Waals surface area contributed by atoms with E-state index in [0.717, 1.165) is 16.0 Å². The van der Waals surface area contributed by atoms with Crippen LogP contribution in [0.4, 0.5) is 5.00 Å². The Kier molecular flexibility index (Phi) is 5.70. The third kappa shape index (κ3) is 4.00.